The van der Waals surface area contributed by atoms with Gasteiger partial charge in [0.15, 0.2) is 0 Å². The minimum Gasteiger partial charge on any atom is -0.497 e. The van der Waals surface area contributed by atoms with Crippen molar-refractivity contribution in [2.45, 2.75) is 11.6 Å². The van der Waals surface area contributed by atoms with Gasteiger partial charge in [-0.25, -0.2) is 5.01 Å². The fraction of sp³-hybridized carbons (Fsp3) is 0.200. The number of hydrogen-bond donors (Lipinski definition) is 0. The molecule has 0 unspecified atom stereocenters. The van der Waals surface area contributed by atoms with Gasteiger partial charge < -0.3 is 9.15 Å². The summed E-state index contributed by atoms with van der Waals surface area (Å²) in [7, 11) is 1.61. The molecular formula is C20H18N4O3S. The smallest absolute Gasteiger partial charge is 0.277 e. The normalized spacial score (nSPS) is 13.5. The lowest BCUT2D eigenvalue weighted by Crippen LogP contribution is -2.25. The molecule has 0 fully saturated rings. The predicted molar refractivity (Wildman–Crippen MR) is 106 cm³/mol. The van der Waals surface area contributed by atoms with E-state index in [-0.39, 0.29) is 11.7 Å². The van der Waals surface area contributed by atoms with Gasteiger partial charge in [-0.3, -0.25) is 4.79 Å². The van der Waals surface area contributed by atoms with Crippen LogP contribution in [0.25, 0.3) is 11.5 Å². The summed E-state index contributed by atoms with van der Waals surface area (Å²) in [5, 5.41) is 14.4. The molecule has 2 heterocycles. The summed E-state index contributed by atoms with van der Waals surface area (Å²) in [4.78, 5) is 12.4. The van der Waals surface area contributed by atoms with Crippen LogP contribution in [0.15, 0.2) is 69.3 Å². The van der Waals surface area contributed by atoms with E-state index >= 15 is 0 Å². The van der Waals surface area contributed by atoms with Crippen molar-refractivity contribution in [1.29, 1.82) is 0 Å². The van der Waals surface area contributed by atoms with Crippen molar-refractivity contribution in [2.24, 2.45) is 5.10 Å². The molecule has 1 aliphatic rings. The van der Waals surface area contributed by atoms with Crippen molar-refractivity contribution in [2.75, 3.05) is 19.4 Å². The highest BCUT2D eigenvalue weighted by molar-refractivity contribution is 7.99. The van der Waals surface area contributed by atoms with Gasteiger partial charge in [-0.2, -0.15) is 5.10 Å². The Morgan fingerprint density at radius 3 is 2.64 bits per heavy atom. The summed E-state index contributed by atoms with van der Waals surface area (Å²) in [6.45, 7) is 0.588. The van der Waals surface area contributed by atoms with E-state index in [4.69, 9.17) is 9.15 Å². The van der Waals surface area contributed by atoms with E-state index in [1.807, 2.05) is 54.6 Å². The highest BCUT2D eigenvalue weighted by atomic mass is 32.2. The van der Waals surface area contributed by atoms with Gasteiger partial charge >= 0.3 is 0 Å². The van der Waals surface area contributed by atoms with Crippen molar-refractivity contribution in [3.63, 3.8) is 0 Å². The number of hydrogen-bond acceptors (Lipinski definition) is 7. The Balaban J connectivity index is 1.35. The number of rotatable bonds is 6. The molecule has 0 atom stereocenters. The molecule has 1 aromatic heterocycles. The number of nitrogens with zero attached hydrogens (tertiary/aromatic N) is 4. The van der Waals surface area contributed by atoms with E-state index in [9.17, 15) is 4.79 Å². The summed E-state index contributed by atoms with van der Waals surface area (Å²) < 4.78 is 10.8. The minimum atomic E-state index is -0.0832. The van der Waals surface area contributed by atoms with Crippen LogP contribution >= 0.6 is 11.8 Å². The van der Waals surface area contributed by atoms with E-state index < -0.39 is 0 Å². The molecule has 0 aliphatic carbocycles. The Bertz CT molecular complexity index is 986. The average Bonchev–Trinajstić information content (AvgIpc) is 3.43. The van der Waals surface area contributed by atoms with Gasteiger partial charge in [0.25, 0.3) is 11.1 Å². The zero-order valence-electron chi connectivity index (χ0n) is 15.2. The van der Waals surface area contributed by atoms with E-state index in [0.717, 1.165) is 29.0 Å². The van der Waals surface area contributed by atoms with Crippen molar-refractivity contribution < 1.29 is 13.9 Å². The first kappa shape index (κ1) is 18.2. The molecule has 0 saturated carbocycles. The maximum absolute atomic E-state index is 12.4. The third-order valence-corrected chi connectivity index (χ3v) is 5.06. The van der Waals surface area contributed by atoms with Gasteiger partial charge in [-0.15, -0.1) is 10.2 Å². The summed E-state index contributed by atoms with van der Waals surface area (Å²) in [6, 6.07) is 17.2. The average molecular weight is 394 g/mol. The van der Waals surface area contributed by atoms with Gasteiger partial charge in [0, 0.05) is 12.0 Å². The fourth-order valence-electron chi connectivity index (χ4n) is 2.79. The first-order chi connectivity index (χ1) is 13.7. The number of thioether (sulfide) groups is 1. The second kappa shape index (κ2) is 8.26. The fourth-order valence-corrected chi connectivity index (χ4v) is 3.42. The maximum Gasteiger partial charge on any atom is 0.277 e. The van der Waals surface area contributed by atoms with Gasteiger partial charge in [-0.05, 0) is 29.8 Å². The SMILES string of the molecule is COc1ccc(-c2nnc(SCC(=O)N3CCC(c4ccccc4)=N3)o2)cc1. The van der Waals surface area contributed by atoms with E-state index in [1.54, 1.807) is 7.11 Å². The van der Waals surface area contributed by atoms with Crippen molar-refractivity contribution >= 4 is 23.4 Å². The molecule has 1 aliphatic heterocycles. The molecule has 0 spiro atoms. The predicted octanol–water partition coefficient (Wildman–Crippen LogP) is 3.47. The number of amides is 1. The van der Waals surface area contributed by atoms with Crippen molar-refractivity contribution in [1.82, 2.24) is 15.2 Å². The molecule has 0 N–H and O–H groups in total. The lowest BCUT2D eigenvalue weighted by Gasteiger charge is -2.09. The second-order valence-electron chi connectivity index (χ2n) is 6.07. The van der Waals surface area contributed by atoms with Crippen LogP contribution in [-0.2, 0) is 4.79 Å². The van der Waals surface area contributed by atoms with E-state index in [1.165, 1.54) is 16.8 Å². The van der Waals surface area contributed by atoms with Crippen LogP contribution in [-0.4, -0.2) is 46.2 Å². The monoisotopic (exact) mass is 394 g/mol. The molecule has 142 valence electrons. The molecule has 0 saturated heterocycles. The van der Waals surface area contributed by atoms with Crippen LogP contribution in [0.5, 0.6) is 5.75 Å². The highest BCUT2D eigenvalue weighted by Crippen LogP contribution is 2.25. The molecular weight excluding hydrogens is 376 g/mol. The Morgan fingerprint density at radius 1 is 1.11 bits per heavy atom. The Hall–Kier alpha value is -3.13. The molecule has 0 radical (unpaired) electrons. The Morgan fingerprint density at radius 2 is 1.89 bits per heavy atom. The lowest BCUT2D eigenvalue weighted by molar-refractivity contribution is -0.127. The van der Waals surface area contributed by atoms with Crippen LogP contribution in [0.4, 0.5) is 0 Å². The topological polar surface area (TPSA) is 80.8 Å². The lowest BCUT2D eigenvalue weighted by atomic mass is 10.1. The largest absolute Gasteiger partial charge is 0.497 e. The maximum atomic E-state index is 12.4. The van der Waals surface area contributed by atoms with Crippen molar-refractivity contribution in [3.8, 4) is 17.2 Å². The zero-order chi connectivity index (χ0) is 19.3. The summed E-state index contributed by atoms with van der Waals surface area (Å²) in [6.07, 6.45) is 0.753. The first-order valence-corrected chi connectivity index (χ1v) is 9.75. The molecule has 0 bridgehead atoms. The number of carbonyl (C=O) groups excluding carboxylic acids is 1. The molecule has 7 nitrogen and oxygen atoms in total. The van der Waals surface area contributed by atoms with Crippen LogP contribution in [0.3, 0.4) is 0 Å². The number of methoxy groups -OCH3 is 1. The van der Waals surface area contributed by atoms with Crippen LogP contribution < -0.4 is 4.74 Å². The number of hydrazone groups is 1. The van der Waals surface area contributed by atoms with Crippen LogP contribution in [0.2, 0.25) is 0 Å². The van der Waals surface area contributed by atoms with Gasteiger partial charge in [0.2, 0.25) is 5.89 Å². The zero-order valence-corrected chi connectivity index (χ0v) is 16.1. The van der Waals surface area contributed by atoms with E-state index in [2.05, 4.69) is 15.3 Å². The highest BCUT2D eigenvalue weighted by Gasteiger charge is 2.22. The molecule has 4 rings (SSSR count). The molecule has 1 amide bonds. The van der Waals surface area contributed by atoms with Crippen molar-refractivity contribution in [3.05, 3.63) is 60.2 Å². The number of aromatic nitrogens is 2. The number of benzene rings is 2. The third-order valence-electron chi connectivity index (χ3n) is 4.26. The standard InChI is InChI=1S/C20H18N4O3S/c1-26-16-9-7-15(8-10-16)19-21-22-20(27-19)28-13-18(25)24-12-11-17(23-24)14-5-3-2-4-6-14/h2-10H,11-13H2,1H3. The second-order valence-corrected chi connectivity index (χ2v) is 7.00. The first-order valence-electron chi connectivity index (χ1n) is 8.77. The number of carbonyl (C=O) groups is 1. The summed E-state index contributed by atoms with van der Waals surface area (Å²) in [5.41, 5.74) is 2.77. The molecule has 2 aromatic carbocycles. The van der Waals surface area contributed by atoms with E-state index in [0.29, 0.717) is 17.7 Å². The molecule has 28 heavy (non-hydrogen) atoms. The van der Waals surface area contributed by atoms with Gasteiger partial charge in [-0.1, -0.05) is 42.1 Å². The number of ether oxygens (including phenoxy) is 1. The van der Waals surface area contributed by atoms with Gasteiger partial charge in [0.1, 0.15) is 5.75 Å². The third kappa shape index (κ3) is 4.07. The van der Waals surface area contributed by atoms with Gasteiger partial charge in [0.05, 0.1) is 25.1 Å². The summed E-state index contributed by atoms with van der Waals surface area (Å²) >= 11 is 1.21. The van der Waals surface area contributed by atoms with Crippen LogP contribution in [0, 0.1) is 0 Å². The molecule has 8 heteroatoms. The Kier molecular flexibility index (Phi) is 5.38. The minimum absolute atomic E-state index is 0.0832. The van der Waals surface area contributed by atoms with Crippen LogP contribution in [0.1, 0.15) is 12.0 Å². The molecule has 3 aromatic rings. The Labute approximate surface area is 166 Å². The quantitative estimate of drug-likeness (QED) is 0.596. The summed E-state index contributed by atoms with van der Waals surface area (Å²) in [5.74, 6) is 1.27.